The van der Waals surface area contributed by atoms with Crippen LogP contribution in [0.15, 0.2) is 47.4 Å². The van der Waals surface area contributed by atoms with E-state index in [1.54, 1.807) is 7.05 Å². The van der Waals surface area contributed by atoms with Gasteiger partial charge in [0.15, 0.2) is 0 Å². The van der Waals surface area contributed by atoms with E-state index in [1.807, 2.05) is 42.5 Å². The predicted molar refractivity (Wildman–Crippen MR) is 125 cm³/mol. The number of ether oxygens (including phenoxy) is 3. The van der Waals surface area contributed by atoms with E-state index in [9.17, 15) is 4.79 Å². The molecular weight excluding hydrogens is 418 g/mol. The first-order valence-electron chi connectivity index (χ1n) is 9.66. The quantitative estimate of drug-likeness (QED) is 0.320. The Labute approximate surface area is 187 Å². The van der Waals surface area contributed by atoms with Gasteiger partial charge in [-0.3, -0.25) is 9.69 Å². The smallest absolute Gasteiger partial charge is 0.265 e. The van der Waals surface area contributed by atoms with E-state index >= 15 is 0 Å². The fourth-order valence-corrected chi connectivity index (χ4v) is 3.91. The number of hydrogen-bond acceptors (Lipinski definition) is 6. The summed E-state index contributed by atoms with van der Waals surface area (Å²) in [6, 6.07) is 13.6. The van der Waals surface area contributed by atoms with Crippen LogP contribution in [-0.2, 0) is 9.53 Å². The number of hydrogen-bond donors (Lipinski definition) is 0. The lowest BCUT2D eigenvalue weighted by Gasteiger charge is -2.10. The summed E-state index contributed by atoms with van der Waals surface area (Å²) in [5, 5.41) is 0. The summed E-state index contributed by atoms with van der Waals surface area (Å²) in [4.78, 5) is 14.2. The number of amides is 1. The molecule has 2 aromatic carbocycles. The fourth-order valence-electron chi connectivity index (χ4n) is 2.73. The first kappa shape index (κ1) is 22.3. The molecule has 158 valence electrons. The number of likely N-dealkylation sites (N-methyl/N-ethyl adjacent to an activating group) is 1. The number of carbonyl (C=O) groups is 1. The topological polar surface area (TPSA) is 48.0 Å². The zero-order valence-electron chi connectivity index (χ0n) is 17.3. The molecule has 0 atom stereocenters. The fraction of sp³-hybridized carbons (Fsp3) is 0.304. The maximum absolute atomic E-state index is 12.1. The Hall–Kier alpha value is -2.35. The van der Waals surface area contributed by atoms with Crippen molar-refractivity contribution in [1.29, 1.82) is 0 Å². The third-order valence-corrected chi connectivity index (χ3v) is 6.10. The van der Waals surface area contributed by atoms with Crippen LogP contribution in [0.5, 0.6) is 11.5 Å². The second-order valence-corrected chi connectivity index (χ2v) is 8.54. The SMILES string of the molecule is Cc1ccc(OCCOCCOc2cccc(C=C3SC(=S)N(C)C3=O)c2)cc1C. The van der Waals surface area contributed by atoms with Crippen LogP contribution in [0.1, 0.15) is 16.7 Å². The maximum Gasteiger partial charge on any atom is 0.265 e. The molecule has 30 heavy (non-hydrogen) atoms. The number of thioether (sulfide) groups is 1. The lowest BCUT2D eigenvalue weighted by molar-refractivity contribution is -0.121. The molecule has 0 unspecified atom stereocenters. The van der Waals surface area contributed by atoms with Gasteiger partial charge in [0.2, 0.25) is 0 Å². The van der Waals surface area contributed by atoms with E-state index in [1.165, 1.54) is 27.8 Å². The Morgan fingerprint density at radius 3 is 2.30 bits per heavy atom. The molecule has 0 spiro atoms. The molecule has 1 fully saturated rings. The van der Waals surface area contributed by atoms with Crippen LogP contribution in [0.25, 0.3) is 6.08 Å². The lowest BCUT2D eigenvalue weighted by Crippen LogP contribution is -2.22. The summed E-state index contributed by atoms with van der Waals surface area (Å²) in [5.74, 6) is 1.51. The van der Waals surface area contributed by atoms with Crippen molar-refractivity contribution in [1.82, 2.24) is 4.90 Å². The van der Waals surface area contributed by atoms with E-state index in [2.05, 4.69) is 19.9 Å². The van der Waals surface area contributed by atoms with E-state index in [0.717, 1.165) is 17.1 Å². The lowest BCUT2D eigenvalue weighted by atomic mass is 10.1. The van der Waals surface area contributed by atoms with Gasteiger partial charge in [-0.15, -0.1) is 0 Å². The number of thiocarbonyl (C=S) groups is 1. The minimum Gasteiger partial charge on any atom is -0.491 e. The molecule has 0 bridgehead atoms. The molecule has 1 amide bonds. The first-order valence-corrected chi connectivity index (χ1v) is 10.9. The van der Waals surface area contributed by atoms with E-state index in [4.69, 9.17) is 26.4 Å². The Morgan fingerprint density at radius 1 is 0.967 bits per heavy atom. The van der Waals surface area contributed by atoms with Gasteiger partial charge in [0.25, 0.3) is 5.91 Å². The summed E-state index contributed by atoms with van der Waals surface area (Å²) in [6.45, 7) is 6.04. The molecule has 0 aliphatic carbocycles. The van der Waals surface area contributed by atoms with Gasteiger partial charge in [0.05, 0.1) is 18.1 Å². The highest BCUT2D eigenvalue weighted by atomic mass is 32.2. The molecule has 0 aromatic heterocycles. The second-order valence-electron chi connectivity index (χ2n) is 6.87. The molecule has 1 heterocycles. The number of carbonyl (C=O) groups excluding carboxylic acids is 1. The van der Waals surface area contributed by atoms with Gasteiger partial charge in [-0.25, -0.2) is 0 Å². The highest BCUT2D eigenvalue weighted by molar-refractivity contribution is 8.26. The predicted octanol–water partition coefficient (Wildman–Crippen LogP) is 4.61. The van der Waals surface area contributed by atoms with Crippen molar-refractivity contribution < 1.29 is 19.0 Å². The summed E-state index contributed by atoms with van der Waals surface area (Å²) in [6.07, 6.45) is 1.83. The summed E-state index contributed by atoms with van der Waals surface area (Å²) < 4.78 is 17.6. The summed E-state index contributed by atoms with van der Waals surface area (Å²) in [5.41, 5.74) is 3.36. The molecule has 1 aliphatic rings. The second kappa shape index (κ2) is 10.6. The van der Waals surface area contributed by atoms with Crippen molar-refractivity contribution in [2.75, 3.05) is 33.5 Å². The van der Waals surface area contributed by atoms with Gasteiger partial charge in [0.1, 0.15) is 29.0 Å². The molecule has 1 aliphatic heterocycles. The Balaban J connectivity index is 1.38. The number of aryl methyl sites for hydroxylation is 2. The zero-order valence-corrected chi connectivity index (χ0v) is 19.0. The van der Waals surface area contributed by atoms with Crippen LogP contribution >= 0.6 is 24.0 Å². The molecule has 5 nitrogen and oxygen atoms in total. The molecule has 0 radical (unpaired) electrons. The number of nitrogens with zero attached hydrogens (tertiary/aromatic N) is 1. The van der Waals surface area contributed by atoms with Crippen LogP contribution < -0.4 is 9.47 Å². The van der Waals surface area contributed by atoms with Gasteiger partial charge in [0, 0.05) is 7.05 Å². The highest BCUT2D eigenvalue weighted by Gasteiger charge is 2.28. The van der Waals surface area contributed by atoms with Gasteiger partial charge < -0.3 is 14.2 Å². The Morgan fingerprint density at radius 2 is 1.67 bits per heavy atom. The van der Waals surface area contributed by atoms with Crippen molar-refractivity contribution >= 4 is 40.3 Å². The first-order chi connectivity index (χ1) is 14.4. The van der Waals surface area contributed by atoms with Gasteiger partial charge in [-0.2, -0.15) is 0 Å². The van der Waals surface area contributed by atoms with Crippen molar-refractivity contribution in [3.8, 4) is 11.5 Å². The minimum atomic E-state index is -0.0762. The minimum absolute atomic E-state index is 0.0762. The van der Waals surface area contributed by atoms with Crippen LogP contribution in [0, 0.1) is 13.8 Å². The summed E-state index contributed by atoms with van der Waals surface area (Å²) >= 11 is 6.46. The van der Waals surface area contributed by atoms with Gasteiger partial charge >= 0.3 is 0 Å². The molecule has 1 saturated heterocycles. The molecule has 7 heteroatoms. The molecule has 3 rings (SSSR count). The third-order valence-electron chi connectivity index (χ3n) is 4.61. The van der Waals surface area contributed by atoms with Crippen LogP contribution in [0.3, 0.4) is 0 Å². The molecular formula is C23H25NO4S2. The summed E-state index contributed by atoms with van der Waals surface area (Å²) in [7, 11) is 1.69. The number of rotatable bonds is 9. The average Bonchev–Trinajstić information content (AvgIpc) is 2.97. The maximum atomic E-state index is 12.1. The largest absolute Gasteiger partial charge is 0.491 e. The number of benzene rings is 2. The normalized spacial score (nSPS) is 15.2. The third kappa shape index (κ3) is 6.08. The van der Waals surface area contributed by atoms with Crippen molar-refractivity contribution in [2.45, 2.75) is 13.8 Å². The van der Waals surface area contributed by atoms with E-state index < -0.39 is 0 Å². The van der Waals surface area contributed by atoms with Crippen molar-refractivity contribution in [2.24, 2.45) is 0 Å². The molecule has 2 aromatic rings. The standard InChI is InChI=1S/C23H25NO4S2/c1-16-7-8-20(13-17(16)2)28-12-10-26-9-11-27-19-6-4-5-18(14-19)15-21-22(25)24(3)23(29)30-21/h4-8,13-15H,9-12H2,1-3H3. The molecule has 0 saturated carbocycles. The average molecular weight is 444 g/mol. The monoisotopic (exact) mass is 443 g/mol. The van der Waals surface area contributed by atoms with Crippen molar-refractivity contribution in [3.63, 3.8) is 0 Å². The van der Waals surface area contributed by atoms with Crippen LogP contribution in [0.2, 0.25) is 0 Å². The Kier molecular flexibility index (Phi) is 7.90. The van der Waals surface area contributed by atoms with Crippen LogP contribution in [-0.4, -0.2) is 48.6 Å². The zero-order chi connectivity index (χ0) is 21.5. The van der Waals surface area contributed by atoms with E-state index in [-0.39, 0.29) is 5.91 Å². The Bertz CT molecular complexity index is 958. The highest BCUT2D eigenvalue weighted by Crippen LogP contribution is 2.31. The molecule has 0 N–H and O–H groups in total. The van der Waals surface area contributed by atoms with Crippen molar-refractivity contribution in [3.05, 3.63) is 64.1 Å². The van der Waals surface area contributed by atoms with E-state index in [0.29, 0.717) is 35.7 Å². The van der Waals surface area contributed by atoms with Crippen LogP contribution in [0.4, 0.5) is 0 Å². The van der Waals surface area contributed by atoms with Gasteiger partial charge in [-0.05, 0) is 60.9 Å². The van der Waals surface area contributed by atoms with Gasteiger partial charge in [-0.1, -0.05) is 42.2 Å².